The number of benzene rings is 2. The summed E-state index contributed by atoms with van der Waals surface area (Å²) in [6.07, 6.45) is -5.61. The van der Waals surface area contributed by atoms with E-state index in [0.717, 1.165) is 35.0 Å². The summed E-state index contributed by atoms with van der Waals surface area (Å²) in [5.74, 6) is -3.83. The van der Waals surface area contributed by atoms with E-state index in [1.807, 2.05) is 0 Å². The Bertz CT molecular complexity index is 1130. The van der Waals surface area contributed by atoms with E-state index < -0.39 is 59.0 Å². The fraction of sp³-hybridized carbons (Fsp3) is 0.150. The highest BCUT2D eigenvalue weighted by molar-refractivity contribution is 5.93. The number of nitrogens with one attached hydrogen (secondary N) is 1. The van der Waals surface area contributed by atoms with Crippen LogP contribution in [0.3, 0.4) is 0 Å². The molecule has 1 atom stereocenters. The van der Waals surface area contributed by atoms with E-state index in [4.69, 9.17) is 5.11 Å². The maximum atomic E-state index is 14.0. The first-order chi connectivity index (χ1) is 14.6. The zero-order valence-corrected chi connectivity index (χ0v) is 15.6. The first kappa shape index (κ1) is 21.8. The predicted molar refractivity (Wildman–Crippen MR) is 99.1 cm³/mol. The Hall–Kier alpha value is -3.89. The van der Waals surface area contributed by atoms with Gasteiger partial charge in [-0.1, -0.05) is 30.3 Å². The lowest BCUT2D eigenvalue weighted by Crippen LogP contribution is -2.32. The summed E-state index contributed by atoms with van der Waals surface area (Å²) < 4.78 is 54.7. The number of aromatic hydroxyl groups is 1. The van der Waals surface area contributed by atoms with E-state index in [2.05, 4.69) is 10.4 Å². The lowest BCUT2D eigenvalue weighted by atomic mass is 9.97. The normalized spacial score (nSPS) is 12.4. The Morgan fingerprint density at radius 2 is 1.74 bits per heavy atom. The molecule has 0 bridgehead atoms. The zero-order valence-electron chi connectivity index (χ0n) is 15.6. The Morgan fingerprint density at radius 3 is 2.39 bits per heavy atom. The van der Waals surface area contributed by atoms with E-state index in [0.29, 0.717) is 0 Å². The van der Waals surface area contributed by atoms with Crippen molar-refractivity contribution in [2.75, 3.05) is 0 Å². The average molecular weight is 437 g/mol. The van der Waals surface area contributed by atoms with Crippen molar-refractivity contribution in [2.24, 2.45) is 0 Å². The number of amides is 1. The van der Waals surface area contributed by atoms with Crippen molar-refractivity contribution in [1.29, 1.82) is 0 Å². The molecular formula is C20H15F4N3O4. The quantitative estimate of drug-likeness (QED) is 0.511. The van der Waals surface area contributed by atoms with E-state index >= 15 is 0 Å². The van der Waals surface area contributed by atoms with Gasteiger partial charge in [-0.3, -0.25) is 9.59 Å². The minimum Gasteiger partial charge on any atom is -0.493 e. The SMILES string of the molecule is O=C(O)C[C@H](NC(=O)c1cc(O)n(-c2ccccc2F)n1)c1ccccc1C(F)(F)F. The third-order valence-electron chi connectivity index (χ3n) is 4.33. The summed E-state index contributed by atoms with van der Waals surface area (Å²) in [5, 5.41) is 25.1. The second-order valence-electron chi connectivity index (χ2n) is 6.46. The number of para-hydroxylation sites is 1. The third kappa shape index (κ3) is 4.82. The van der Waals surface area contributed by atoms with Gasteiger partial charge in [0.25, 0.3) is 5.91 Å². The van der Waals surface area contributed by atoms with Gasteiger partial charge in [-0.2, -0.15) is 23.0 Å². The zero-order chi connectivity index (χ0) is 22.8. The molecule has 2 aromatic carbocycles. The highest BCUT2D eigenvalue weighted by Gasteiger charge is 2.36. The third-order valence-corrected chi connectivity index (χ3v) is 4.33. The van der Waals surface area contributed by atoms with Crippen LogP contribution < -0.4 is 5.32 Å². The van der Waals surface area contributed by atoms with Gasteiger partial charge in [0.15, 0.2) is 5.69 Å². The molecule has 0 aliphatic rings. The van der Waals surface area contributed by atoms with E-state index in [1.165, 1.54) is 24.3 Å². The number of halogens is 4. The molecule has 0 saturated carbocycles. The van der Waals surface area contributed by atoms with Crippen LogP contribution >= 0.6 is 0 Å². The minimum absolute atomic E-state index is 0.163. The fourth-order valence-electron chi connectivity index (χ4n) is 2.99. The van der Waals surface area contributed by atoms with Gasteiger partial charge in [0.05, 0.1) is 18.0 Å². The second kappa shape index (κ2) is 8.46. The summed E-state index contributed by atoms with van der Waals surface area (Å²) in [5.41, 5.74) is -2.14. The van der Waals surface area contributed by atoms with Crippen LogP contribution in [0.4, 0.5) is 17.6 Å². The van der Waals surface area contributed by atoms with Gasteiger partial charge in [0.2, 0.25) is 5.88 Å². The second-order valence-corrected chi connectivity index (χ2v) is 6.46. The van der Waals surface area contributed by atoms with Crippen molar-refractivity contribution in [2.45, 2.75) is 18.6 Å². The summed E-state index contributed by atoms with van der Waals surface area (Å²) >= 11 is 0. The monoisotopic (exact) mass is 437 g/mol. The predicted octanol–water partition coefficient (Wildman–Crippen LogP) is 3.68. The van der Waals surface area contributed by atoms with Crippen LogP contribution in [0.25, 0.3) is 5.69 Å². The molecule has 0 aliphatic heterocycles. The summed E-state index contributed by atoms with van der Waals surface area (Å²) in [7, 11) is 0. The number of carbonyl (C=O) groups is 2. The Morgan fingerprint density at radius 1 is 1.10 bits per heavy atom. The molecule has 11 heteroatoms. The number of alkyl halides is 3. The summed E-state index contributed by atoms with van der Waals surface area (Å²) in [4.78, 5) is 23.8. The molecule has 1 aromatic heterocycles. The van der Waals surface area contributed by atoms with E-state index in [9.17, 15) is 32.3 Å². The Labute approximate surface area is 172 Å². The van der Waals surface area contributed by atoms with Crippen LogP contribution in [0.1, 0.15) is 34.1 Å². The smallest absolute Gasteiger partial charge is 0.416 e. The van der Waals surface area contributed by atoms with Gasteiger partial charge in [-0.25, -0.2) is 4.39 Å². The van der Waals surface area contributed by atoms with Crippen molar-refractivity contribution >= 4 is 11.9 Å². The first-order valence-corrected chi connectivity index (χ1v) is 8.80. The van der Waals surface area contributed by atoms with E-state index in [1.54, 1.807) is 0 Å². The largest absolute Gasteiger partial charge is 0.493 e. The molecule has 0 saturated heterocycles. The fourth-order valence-corrected chi connectivity index (χ4v) is 2.99. The molecule has 1 heterocycles. The van der Waals surface area contributed by atoms with Gasteiger partial charge < -0.3 is 15.5 Å². The Kier molecular flexibility index (Phi) is 5.95. The molecule has 3 rings (SSSR count). The lowest BCUT2D eigenvalue weighted by Gasteiger charge is -2.21. The molecule has 7 nitrogen and oxygen atoms in total. The van der Waals surface area contributed by atoms with Gasteiger partial charge in [0, 0.05) is 6.07 Å². The molecule has 1 amide bonds. The van der Waals surface area contributed by atoms with Gasteiger partial charge in [-0.15, -0.1) is 0 Å². The van der Waals surface area contributed by atoms with Gasteiger partial charge in [0.1, 0.15) is 11.5 Å². The average Bonchev–Trinajstić information content (AvgIpc) is 3.08. The van der Waals surface area contributed by atoms with Crippen LogP contribution in [-0.2, 0) is 11.0 Å². The molecular weight excluding hydrogens is 422 g/mol. The lowest BCUT2D eigenvalue weighted by molar-refractivity contribution is -0.140. The number of carboxylic acids is 1. The number of carboxylic acid groups (broad SMARTS) is 1. The maximum Gasteiger partial charge on any atom is 0.416 e. The molecule has 3 aromatic rings. The van der Waals surface area contributed by atoms with Crippen LogP contribution in [0.15, 0.2) is 54.6 Å². The molecule has 0 fully saturated rings. The van der Waals surface area contributed by atoms with Gasteiger partial charge in [-0.05, 0) is 23.8 Å². The van der Waals surface area contributed by atoms with Crippen molar-refractivity contribution in [3.05, 3.63) is 77.2 Å². The maximum absolute atomic E-state index is 14.0. The molecule has 0 unspecified atom stereocenters. The number of rotatable bonds is 6. The molecule has 0 aliphatic carbocycles. The highest BCUT2D eigenvalue weighted by Crippen LogP contribution is 2.35. The molecule has 0 spiro atoms. The van der Waals surface area contributed by atoms with Crippen molar-refractivity contribution in [1.82, 2.24) is 15.1 Å². The van der Waals surface area contributed by atoms with Crippen LogP contribution in [-0.4, -0.2) is 31.9 Å². The molecule has 3 N–H and O–H groups in total. The number of hydrogen-bond donors (Lipinski definition) is 3. The first-order valence-electron chi connectivity index (χ1n) is 8.80. The number of hydrogen-bond acceptors (Lipinski definition) is 4. The number of aliphatic carboxylic acids is 1. The minimum atomic E-state index is -4.78. The topological polar surface area (TPSA) is 104 Å². The van der Waals surface area contributed by atoms with Crippen molar-refractivity contribution < 1.29 is 37.4 Å². The van der Waals surface area contributed by atoms with Gasteiger partial charge >= 0.3 is 12.1 Å². The highest BCUT2D eigenvalue weighted by atomic mass is 19.4. The summed E-state index contributed by atoms with van der Waals surface area (Å²) in [6.45, 7) is 0. The van der Waals surface area contributed by atoms with Crippen molar-refractivity contribution in [3.8, 4) is 11.6 Å². The molecule has 0 radical (unpaired) electrons. The van der Waals surface area contributed by atoms with Crippen LogP contribution in [0.5, 0.6) is 5.88 Å². The summed E-state index contributed by atoms with van der Waals surface area (Å²) in [6, 6.07) is 8.87. The number of carbonyl (C=O) groups excluding carboxylic acids is 1. The van der Waals surface area contributed by atoms with Crippen LogP contribution in [0, 0.1) is 5.82 Å². The molecule has 162 valence electrons. The van der Waals surface area contributed by atoms with Crippen LogP contribution in [0.2, 0.25) is 0 Å². The molecule has 31 heavy (non-hydrogen) atoms. The standard InChI is InChI=1S/C20H15F4N3O4/c21-13-7-3-4-8-16(13)27-17(28)9-15(26-27)19(31)25-14(10-18(29)30)11-5-1-2-6-12(11)20(22,23)24/h1-9,14,28H,10H2,(H,25,31)(H,29,30)/t14-/m0/s1. The Balaban J connectivity index is 1.94. The number of aromatic nitrogens is 2. The van der Waals surface area contributed by atoms with E-state index in [-0.39, 0.29) is 5.69 Å². The van der Waals surface area contributed by atoms with Crippen molar-refractivity contribution in [3.63, 3.8) is 0 Å². The number of nitrogens with zero attached hydrogens (tertiary/aromatic N) is 2.